The first-order valence-corrected chi connectivity index (χ1v) is 12.3. The molecule has 2 N–H and O–H groups in total. The summed E-state index contributed by atoms with van der Waals surface area (Å²) < 4.78 is 4.93. The Kier molecular flexibility index (Phi) is 8.01. The summed E-state index contributed by atoms with van der Waals surface area (Å²) in [5.74, 6) is 0.814. The summed E-state index contributed by atoms with van der Waals surface area (Å²) in [5, 5.41) is 7.49. The quantitative estimate of drug-likeness (QED) is 0.446. The van der Waals surface area contributed by atoms with Crippen molar-refractivity contribution < 1.29 is 14.3 Å². The van der Waals surface area contributed by atoms with Gasteiger partial charge in [0.25, 0.3) is 5.91 Å². The van der Waals surface area contributed by atoms with Crippen LogP contribution in [0.15, 0.2) is 54.6 Å². The maximum atomic E-state index is 13.2. The maximum Gasteiger partial charge on any atom is 0.407 e. The lowest BCUT2D eigenvalue weighted by Gasteiger charge is -2.28. The zero-order chi connectivity index (χ0) is 23.9. The number of benzene rings is 2. The molecule has 1 heterocycles. The van der Waals surface area contributed by atoms with Gasteiger partial charge in [0.05, 0.1) is 23.4 Å². The second-order valence-electron chi connectivity index (χ2n) is 8.78. The maximum absolute atomic E-state index is 13.2. The molecule has 0 spiro atoms. The summed E-state index contributed by atoms with van der Waals surface area (Å²) in [6, 6.07) is 17.1. The highest BCUT2D eigenvalue weighted by Gasteiger charge is 2.23. The van der Waals surface area contributed by atoms with E-state index in [1.54, 1.807) is 6.92 Å². The van der Waals surface area contributed by atoms with Crippen LogP contribution in [0.5, 0.6) is 0 Å². The Bertz CT molecular complexity index is 1140. The van der Waals surface area contributed by atoms with Gasteiger partial charge in [0, 0.05) is 29.1 Å². The molecule has 0 bridgehead atoms. The molecule has 2 amide bonds. The van der Waals surface area contributed by atoms with E-state index in [-0.39, 0.29) is 12.0 Å². The van der Waals surface area contributed by atoms with Crippen molar-refractivity contribution >= 4 is 34.5 Å². The van der Waals surface area contributed by atoms with E-state index in [1.807, 2.05) is 54.6 Å². The normalized spacial score (nSPS) is 17.8. The number of hydrogen-bond acceptors (Lipinski definition) is 4. The van der Waals surface area contributed by atoms with Gasteiger partial charge in [-0.3, -0.25) is 4.79 Å². The van der Waals surface area contributed by atoms with Crippen molar-refractivity contribution in [2.45, 2.75) is 32.6 Å². The lowest BCUT2D eigenvalue weighted by Crippen LogP contribution is -2.34. The van der Waals surface area contributed by atoms with Crippen LogP contribution in [0.2, 0.25) is 5.02 Å². The van der Waals surface area contributed by atoms with Crippen molar-refractivity contribution in [3.8, 4) is 11.3 Å². The highest BCUT2D eigenvalue weighted by molar-refractivity contribution is 6.30. The number of pyridine rings is 1. The van der Waals surface area contributed by atoms with Crippen LogP contribution in [-0.2, 0) is 4.74 Å². The molecule has 1 aliphatic carbocycles. The summed E-state index contributed by atoms with van der Waals surface area (Å²) in [6.07, 6.45) is 3.78. The number of para-hydroxylation sites is 1. The molecular weight excluding hydrogens is 450 g/mol. The van der Waals surface area contributed by atoms with Gasteiger partial charge in [-0.1, -0.05) is 41.9 Å². The number of nitrogens with one attached hydrogen (secondary N) is 2. The van der Waals surface area contributed by atoms with E-state index >= 15 is 0 Å². The van der Waals surface area contributed by atoms with E-state index < -0.39 is 0 Å². The van der Waals surface area contributed by atoms with E-state index in [0.717, 1.165) is 47.8 Å². The van der Waals surface area contributed by atoms with Gasteiger partial charge in [-0.05, 0) is 68.7 Å². The van der Waals surface area contributed by atoms with Crippen molar-refractivity contribution in [2.24, 2.45) is 11.8 Å². The third-order valence-corrected chi connectivity index (χ3v) is 6.68. The van der Waals surface area contributed by atoms with Crippen LogP contribution in [0.25, 0.3) is 22.2 Å². The van der Waals surface area contributed by atoms with Crippen molar-refractivity contribution in [1.82, 2.24) is 15.6 Å². The average molecular weight is 480 g/mol. The van der Waals surface area contributed by atoms with Crippen molar-refractivity contribution in [3.05, 3.63) is 65.2 Å². The van der Waals surface area contributed by atoms with Gasteiger partial charge in [0.15, 0.2) is 0 Å². The zero-order valence-corrected chi connectivity index (χ0v) is 20.1. The van der Waals surface area contributed by atoms with E-state index in [4.69, 9.17) is 21.3 Å². The predicted octanol–water partition coefficient (Wildman–Crippen LogP) is 5.84. The minimum atomic E-state index is -0.348. The smallest absolute Gasteiger partial charge is 0.407 e. The fourth-order valence-corrected chi connectivity index (χ4v) is 4.64. The van der Waals surface area contributed by atoms with Crippen molar-refractivity contribution in [3.63, 3.8) is 0 Å². The third-order valence-electron chi connectivity index (χ3n) is 6.43. The Morgan fingerprint density at radius 1 is 0.971 bits per heavy atom. The molecule has 0 radical (unpaired) electrons. The first-order valence-electron chi connectivity index (χ1n) is 11.9. The molecular formula is C27H30ClN3O3. The summed E-state index contributed by atoms with van der Waals surface area (Å²) in [6.45, 7) is 3.47. The number of halogens is 1. The van der Waals surface area contributed by atoms with E-state index in [9.17, 15) is 9.59 Å². The third kappa shape index (κ3) is 6.06. The molecule has 3 aromatic rings. The molecule has 1 aromatic heterocycles. The van der Waals surface area contributed by atoms with E-state index in [2.05, 4.69) is 10.6 Å². The van der Waals surface area contributed by atoms with Crippen LogP contribution in [-0.4, -0.2) is 36.7 Å². The van der Waals surface area contributed by atoms with Gasteiger partial charge in [-0.25, -0.2) is 9.78 Å². The molecule has 0 saturated heterocycles. The molecule has 6 nitrogen and oxygen atoms in total. The van der Waals surface area contributed by atoms with Gasteiger partial charge in [-0.15, -0.1) is 0 Å². The molecule has 1 aliphatic rings. The Hall–Kier alpha value is -3.12. The highest BCUT2D eigenvalue weighted by atomic mass is 35.5. The number of aromatic nitrogens is 1. The molecule has 0 unspecified atom stereocenters. The van der Waals surface area contributed by atoms with Crippen molar-refractivity contribution in [1.29, 1.82) is 0 Å². The number of fused-ring (bicyclic) bond motifs is 1. The molecule has 7 heteroatoms. The number of nitrogens with zero attached hydrogens (tertiary/aromatic N) is 1. The molecule has 2 aromatic carbocycles. The van der Waals surface area contributed by atoms with E-state index in [0.29, 0.717) is 42.1 Å². The van der Waals surface area contributed by atoms with Gasteiger partial charge in [0.1, 0.15) is 0 Å². The molecule has 0 aliphatic heterocycles. The minimum absolute atomic E-state index is 0.0834. The van der Waals surface area contributed by atoms with Crippen LogP contribution in [0.1, 0.15) is 43.0 Å². The Morgan fingerprint density at radius 3 is 2.29 bits per heavy atom. The number of carbonyl (C=O) groups is 2. The fraction of sp³-hybridized carbons (Fsp3) is 0.370. The zero-order valence-electron chi connectivity index (χ0n) is 19.4. The topological polar surface area (TPSA) is 80.3 Å². The molecule has 1 fully saturated rings. The lowest BCUT2D eigenvalue weighted by atomic mass is 9.82. The van der Waals surface area contributed by atoms with Gasteiger partial charge >= 0.3 is 6.09 Å². The minimum Gasteiger partial charge on any atom is -0.450 e. The number of hydrogen-bond donors (Lipinski definition) is 2. The summed E-state index contributed by atoms with van der Waals surface area (Å²) in [5.41, 5.74) is 3.08. The summed E-state index contributed by atoms with van der Waals surface area (Å²) >= 11 is 6.04. The molecule has 4 rings (SSSR count). The van der Waals surface area contributed by atoms with E-state index in [1.165, 1.54) is 0 Å². The van der Waals surface area contributed by atoms with Crippen LogP contribution < -0.4 is 10.6 Å². The van der Waals surface area contributed by atoms with Crippen LogP contribution in [0, 0.1) is 11.8 Å². The SMILES string of the molecule is CCOC(=O)NCC1CCC(CNC(=O)c2cc(-c3ccc(Cl)cc3)nc3ccccc23)CC1. The first kappa shape index (κ1) is 24.0. The van der Waals surface area contributed by atoms with Gasteiger partial charge < -0.3 is 15.4 Å². The van der Waals surface area contributed by atoms with Crippen LogP contribution >= 0.6 is 11.6 Å². The Balaban J connectivity index is 1.39. The van der Waals surface area contributed by atoms with Gasteiger partial charge in [-0.2, -0.15) is 0 Å². The number of ether oxygens (including phenoxy) is 1. The predicted molar refractivity (Wildman–Crippen MR) is 135 cm³/mol. The largest absolute Gasteiger partial charge is 0.450 e. The second-order valence-corrected chi connectivity index (χ2v) is 9.21. The Labute approximate surface area is 205 Å². The molecule has 178 valence electrons. The average Bonchev–Trinajstić information content (AvgIpc) is 2.86. The highest BCUT2D eigenvalue weighted by Crippen LogP contribution is 2.29. The fourth-order valence-electron chi connectivity index (χ4n) is 4.51. The number of amides is 2. The van der Waals surface area contributed by atoms with Crippen LogP contribution in [0.3, 0.4) is 0 Å². The van der Waals surface area contributed by atoms with Crippen LogP contribution in [0.4, 0.5) is 4.79 Å². The van der Waals surface area contributed by atoms with Crippen molar-refractivity contribution in [2.75, 3.05) is 19.7 Å². The number of alkyl carbamates (subject to hydrolysis) is 1. The first-order chi connectivity index (χ1) is 16.5. The lowest BCUT2D eigenvalue weighted by molar-refractivity contribution is 0.0942. The molecule has 34 heavy (non-hydrogen) atoms. The Morgan fingerprint density at radius 2 is 1.62 bits per heavy atom. The monoisotopic (exact) mass is 479 g/mol. The number of carbonyl (C=O) groups excluding carboxylic acids is 2. The number of rotatable bonds is 7. The second kappa shape index (κ2) is 11.3. The molecule has 0 atom stereocenters. The summed E-state index contributed by atoms with van der Waals surface area (Å²) in [7, 11) is 0. The standard InChI is InChI=1S/C27H30ClN3O3/c1-2-34-27(33)30-17-19-9-7-18(8-10-19)16-29-26(32)23-15-25(20-11-13-21(28)14-12-20)31-24-6-4-3-5-22(23)24/h3-6,11-15,18-19H,2,7-10,16-17H2,1H3,(H,29,32)(H,30,33). The molecule has 1 saturated carbocycles. The summed E-state index contributed by atoms with van der Waals surface area (Å²) in [4.78, 5) is 29.5. The van der Waals surface area contributed by atoms with Gasteiger partial charge in [0.2, 0.25) is 0 Å².